The topological polar surface area (TPSA) is 60.3 Å². The van der Waals surface area contributed by atoms with E-state index in [9.17, 15) is 4.79 Å². The number of nitrogens with zero attached hydrogens (tertiary/aromatic N) is 4. The first kappa shape index (κ1) is 10.9. The third-order valence-electron chi connectivity index (χ3n) is 2.54. The number of hydrogen-bond donors (Lipinski definition) is 1. The van der Waals surface area contributed by atoms with Gasteiger partial charge >= 0.3 is 6.03 Å². The van der Waals surface area contributed by atoms with Crippen LogP contribution in [0.25, 0.3) is 0 Å². The van der Waals surface area contributed by atoms with Crippen LogP contribution in [0.2, 0.25) is 0 Å². The molecule has 1 saturated carbocycles. The van der Waals surface area contributed by atoms with Gasteiger partial charge < -0.3 is 4.90 Å². The SMILES string of the molecule is CN(C)C=NC1N=C(C2CC2)N(C)C(=O)N1. The van der Waals surface area contributed by atoms with E-state index in [4.69, 9.17) is 0 Å². The van der Waals surface area contributed by atoms with Crippen molar-refractivity contribution in [1.29, 1.82) is 0 Å². The summed E-state index contributed by atoms with van der Waals surface area (Å²) in [5.41, 5.74) is 0. The maximum atomic E-state index is 11.6. The minimum absolute atomic E-state index is 0.127. The maximum Gasteiger partial charge on any atom is 0.325 e. The molecule has 2 amide bonds. The van der Waals surface area contributed by atoms with Gasteiger partial charge in [0.05, 0.1) is 6.34 Å². The van der Waals surface area contributed by atoms with E-state index in [0.717, 1.165) is 18.7 Å². The fourth-order valence-corrected chi connectivity index (χ4v) is 1.54. The molecular formula is C10H17N5O. The van der Waals surface area contributed by atoms with Crippen molar-refractivity contribution < 1.29 is 4.79 Å². The van der Waals surface area contributed by atoms with Crippen molar-refractivity contribution in [2.75, 3.05) is 21.1 Å². The second-order valence-electron chi connectivity index (χ2n) is 4.37. The molecule has 16 heavy (non-hydrogen) atoms. The van der Waals surface area contributed by atoms with Crippen molar-refractivity contribution in [2.45, 2.75) is 19.1 Å². The number of amides is 2. The Hall–Kier alpha value is -1.59. The van der Waals surface area contributed by atoms with Gasteiger partial charge in [-0.1, -0.05) is 0 Å². The molecule has 0 aromatic rings. The number of carbonyl (C=O) groups excluding carboxylic acids is 1. The molecule has 1 N–H and O–H groups in total. The molecule has 2 rings (SSSR count). The molecule has 1 heterocycles. The van der Waals surface area contributed by atoms with Crippen LogP contribution in [0, 0.1) is 5.92 Å². The minimum Gasteiger partial charge on any atom is -0.369 e. The van der Waals surface area contributed by atoms with E-state index in [1.165, 1.54) is 0 Å². The molecule has 0 aromatic heterocycles. The molecule has 88 valence electrons. The lowest BCUT2D eigenvalue weighted by Gasteiger charge is -2.27. The van der Waals surface area contributed by atoms with Crippen molar-refractivity contribution in [2.24, 2.45) is 15.9 Å². The predicted octanol–water partition coefficient (Wildman–Crippen LogP) is 0.323. The molecule has 6 heteroatoms. The largest absolute Gasteiger partial charge is 0.369 e. The van der Waals surface area contributed by atoms with Crippen LogP contribution < -0.4 is 5.32 Å². The fraction of sp³-hybridized carbons (Fsp3) is 0.700. The van der Waals surface area contributed by atoms with E-state index in [1.54, 1.807) is 18.3 Å². The molecule has 6 nitrogen and oxygen atoms in total. The summed E-state index contributed by atoms with van der Waals surface area (Å²) in [7, 11) is 5.51. The number of aliphatic imine (C=N–C) groups is 2. The molecule has 1 atom stereocenters. The lowest BCUT2D eigenvalue weighted by Crippen LogP contribution is -2.50. The van der Waals surface area contributed by atoms with Gasteiger partial charge in [0.2, 0.25) is 6.29 Å². The molecule has 2 aliphatic rings. The standard InChI is InChI=1S/C10H17N5O/c1-14(2)6-11-9-12-8(7-4-5-7)15(3)10(16)13-9/h6-7,9H,4-5H2,1-3H3,(H,13,16). The summed E-state index contributed by atoms with van der Waals surface area (Å²) in [5.74, 6) is 1.32. The number of hydrogen-bond acceptors (Lipinski definition) is 3. The number of amidine groups is 1. The lowest BCUT2D eigenvalue weighted by molar-refractivity contribution is 0.218. The highest BCUT2D eigenvalue weighted by Crippen LogP contribution is 2.32. The van der Waals surface area contributed by atoms with Crippen LogP contribution in [-0.4, -0.2) is 55.4 Å². The van der Waals surface area contributed by atoms with Crippen LogP contribution in [0.3, 0.4) is 0 Å². The zero-order chi connectivity index (χ0) is 11.7. The van der Waals surface area contributed by atoms with Gasteiger partial charge in [0, 0.05) is 27.1 Å². The maximum absolute atomic E-state index is 11.6. The Morgan fingerprint density at radius 1 is 1.56 bits per heavy atom. The van der Waals surface area contributed by atoms with E-state index in [2.05, 4.69) is 15.3 Å². The molecule has 1 unspecified atom stereocenters. The van der Waals surface area contributed by atoms with Gasteiger partial charge in [-0.15, -0.1) is 0 Å². The zero-order valence-corrected chi connectivity index (χ0v) is 9.84. The van der Waals surface area contributed by atoms with Crippen LogP contribution in [0.15, 0.2) is 9.98 Å². The number of nitrogens with one attached hydrogen (secondary N) is 1. The van der Waals surface area contributed by atoms with Crippen LogP contribution in [0.4, 0.5) is 4.79 Å². The normalized spacial score (nSPS) is 25.7. The number of carbonyl (C=O) groups is 1. The minimum atomic E-state index is -0.471. The first-order valence-electron chi connectivity index (χ1n) is 5.39. The van der Waals surface area contributed by atoms with Gasteiger partial charge in [-0.3, -0.25) is 10.2 Å². The first-order chi connectivity index (χ1) is 7.58. The van der Waals surface area contributed by atoms with Crippen LogP contribution in [0.5, 0.6) is 0 Å². The van der Waals surface area contributed by atoms with E-state index in [1.807, 2.05) is 19.0 Å². The number of urea groups is 1. The fourth-order valence-electron chi connectivity index (χ4n) is 1.54. The van der Waals surface area contributed by atoms with E-state index in [-0.39, 0.29) is 6.03 Å². The Morgan fingerprint density at radius 2 is 2.25 bits per heavy atom. The van der Waals surface area contributed by atoms with Gasteiger partial charge in [0.15, 0.2) is 0 Å². The Balaban J connectivity index is 2.12. The molecular weight excluding hydrogens is 206 g/mol. The van der Waals surface area contributed by atoms with Crippen LogP contribution in [-0.2, 0) is 0 Å². The summed E-state index contributed by atoms with van der Waals surface area (Å²) in [6.45, 7) is 0. The Morgan fingerprint density at radius 3 is 2.81 bits per heavy atom. The van der Waals surface area contributed by atoms with E-state index >= 15 is 0 Å². The highest BCUT2D eigenvalue weighted by atomic mass is 16.2. The highest BCUT2D eigenvalue weighted by Gasteiger charge is 2.35. The molecule has 0 saturated heterocycles. The molecule has 0 spiro atoms. The average Bonchev–Trinajstić information content (AvgIpc) is 3.03. The summed E-state index contributed by atoms with van der Waals surface area (Å²) in [6.07, 6.45) is 3.44. The average molecular weight is 223 g/mol. The van der Waals surface area contributed by atoms with Crippen molar-refractivity contribution in [1.82, 2.24) is 15.1 Å². The third-order valence-corrected chi connectivity index (χ3v) is 2.54. The van der Waals surface area contributed by atoms with Crippen molar-refractivity contribution >= 4 is 18.2 Å². The Bertz CT molecular complexity index is 345. The molecule has 1 aliphatic heterocycles. The van der Waals surface area contributed by atoms with Crippen molar-refractivity contribution in [3.8, 4) is 0 Å². The van der Waals surface area contributed by atoms with Crippen LogP contribution in [0.1, 0.15) is 12.8 Å². The summed E-state index contributed by atoms with van der Waals surface area (Å²) in [4.78, 5) is 23.7. The molecule has 0 radical (unpaired) electrons. The molecule has 1 aliphatic carbocycles. The van der Waals surface area contributed by atoms with Gasteiger partial charge in [0.25, 0.3) is 0 Å². The molecule has 0 aromatic carbocycles. The van der Waals surface area contributed by atoms with Crippen molar-refractivity contribution in [3.63, 3.8) is 0 Å². The van der Waals surface area contributed by atoms with Gasteiger partial charge in [-0.2, -0.15) is 0 Å². The molecule has 1 fully saturated rings. The van der Waals surface area contributed by atoms with E-state index in [0.29, 0.717) is 5.92 Å². The van der Waals surface area contributed by atoms with Gasteiger partial charge in [0.1, 0.15) is 5.84 Å². The lowest BCUT2D eigenvalue weighted by atomic mass is 10.3. The summed E-state index contributed by atoms with van der Waals surface area (Å²) < 4.78 is 0. The Kier molecular flexibility index (Phi) is 2.80. The predicted molar refractivity (Wildman–Crippen MR) is 62.4 cm³/mol. The summed E-state index contributed by atoms with van der Waals surface area (Å²) in [5, 5.41) is 2.71. The smallest absolute Gasteiger partial charge is 0.325 e. The van der Waals surface area contributed by atoms with Gasteiger partial charge in [-0.05, 0) is 12.8 Å². The second kappa shape index (κ2) is 4.11. The quantitative estimate of drug-likeness (QED) is 0.553. The Labute approximate surface area is 95.0 Å². The second-order valence-corrected chi connectivity index (χ2v) is 4.37. The zero-order valence-electron chi connectivity index (χ0n) is 9.84. The summed E-state index contributed by atoms with van der Waals surface area (Å²) in [6, 6.07) is -0.127. The first-order valence-corrected chi connectivity index (χ1v) is 5.39. The van der Waals surface area contributed by atoms with Crippen LogP contribution >= 0.6 is 0 Å². The monoisotopic (exact) mass is 223 g/mol. The van der Waals surface area contributed by atoms with E-state index < -0.39 is 6.29 Å². The summed E-state index contributed by atoms with van der Waals surface area (Å²) >= 11 is 0. The number of rotatable bonds is 3. The van der Waals surface area contributed by atoms with Gasteiger partial charge in [-0.25, -0.2) is 14.8 Å². The molecule has 0 bridgehead atoms. The highest BCUT2D eigenvalue weighted by molar-refractivity contribution is 6.01. The van der Waals surface area contributed by atoms with Crippen molar-refractivity contribution in [3.05, 3.63) is 0 Å². The third kappa shape index (κ3) is 2.32.